The van der Waals surface area contributed by atoms with Gasteiger partial charge in [0.1, 0.15) is 4.86 Å². The molecule has 114 valence electrons. The van der Waals surface area contributed by atoms with Crippen LogP contribution in [0.25, 0.3) is 0 Å². The number of carbonyl (C=O) groups excluding carboxylic acids is 2. The fourth-order valence-corrected chi connectivity index (χ4v) is 2.92. The number of hydrogen-bond acceptors (Lipinski definition) is 5. The summed E-state index contributed by atoms with van der Waals surface area (Å²) in [6, 6.07) is 6.22. The number of para-hydroxylation sites is 1. The van der Waals surface area contributed by atoms with Crippen LogP contribution in [0.3, 0.4) is 0 Å². The monoisotopic (exact) mass is 338 g/mol. The summed E-state index contributed by atoms with van der Waals surface area (Å²) in [5.74, 6) is -2.67. The van der Waals surface area contributed by atoms with E-state index in [-0.39, 0.29) is 21.1 Å². The van der Waals surface area contributed by atoms with E-state index in [1.807, 2.05) is 0 Å². The van der Waals surface area contributed by atoms with Crippen LogP contribution in [0.5, 0.6) is 0 Å². The molecule has 1 aliphatic rings. The molecule has 0 saturated carbocycles. The Morgan fingerprint density at radius 1 is 1.23 bits per heavy atom. The molecular formula is C14H11ClN2O4S. The average Bonchev–Trinajstić information content (AvgIpc) is 2.46. The molecule has 6 nitrogen and oxygen atoms in total. The van der Waals surface area contributed by atoms with E-state index < -0.39 is 28.0 Å². The zero-order valence-corrected chi connectivity index (χ0v) is 12.7. The van der Waals surface area contributed by atoms with Gasteiger partial charge >= 0.3 is 0 Å². The van der Waals surface area contributed by atoms with Gasteiger partial charge in [0.15, 0.2) is 0 Å². The van der Waals surface area contributed by atoms with Gasteiger partial charge in [0.2, 0.25) is 16.2 Å². The molecule has 1 aromatic rings. The lowest BCUT2D eigenvalue weighted by Gasteiger charge is -2.15. The molecule has 0 aliphatic heterocycles. The molecule has 0 fully saturated rings. The van der Waals surface area contributed by atoms with E-state index in [1.54, 1.807) is 12.1 Å². The topological polar surface area (TPSA) is 106 Å². The minimum Gasteiger partial charge on any atom is -0.398 e. The Morgan fingerprint density at radius 3 is 2.55 bits per heavy atom. The second-order valence-corrected chi connectivity index (χ2v) is 5.70. The maximum atomic E-state index is 12.1. The number of rotatable bonds is 2. The molecule has 8 heteroatoms. The Bertz CT molecular complexity index is 832. The summed E-state index contributed by atoms with van der Waals surface area (Å²) in [7, 11) is -2.68. The molecule has 0 bridgehead atoms. The molecule has 1 aliphatic carbocycles. The fraction of sp³-hybridized carbons (Fsp3) is 0.0714. The number of nitrogens with two attached hydrogens (primary N) is 1. The first kappa shape index (κ1) is 16.0. The standard InChI is InChI=1S/C14H11ClN2O4S/c15-10-6-3-5-9(12(10)22(20)21)14(19)17-13(18)8-4-1-2-7-11(8)16/h1-7,9H,16H2,(H,17,18,19). The Morgan fingerprint density at radius 2 is 1.91 bits per heavy atom. The van der Waals surface area contributed by atoms with Gasteiger partial charge in [-0.05, 0) is 18.2 Å². The first-order chi connectivity index (χ1) is 10.4. The highest BCUT2D eigenvalue weighted by molar-refractivity contribution is 7.73. The predicted molar refractivity (Wildman–Crippen MR) is 83.8 cm³/mol. The van der Waals surface area contributed by atoms with Crippen molar-refractivity contribution in [3.05, 3.63) is 53.1 Å². The second kappa shape index (κ2) is 6.59. The number of amides is 2. The van der Waals surface area contributed by atoms with E-state index in [1.165, 1.54) is 30.4 Å². The molecule has 0 aromatic heterocycles. The number of benzene rings is 1. The molecule has 2 rings (SSSR count). The Kier molecular flexibility index (Phi) is 4.79. The van der Waals surface area contributed by atoms with Gasteiger partial charge < -0.3 is 5.73 Å². The minimum atomic E-state index is -2.68. The lowest BCUT2D eigenvalue weighted by molar-refractivity contribution is -0.120. The van der Waals surface area contributed by atoms with Gasteiger partial charge in [-0.25, -0.2) is 0 Å². The summed E-state index contributed by atoms with van der Waals surface area (Å²) in [5.41, 5.74) is 5.99. The van der Waals surface area contributed by atoms with Gasteiger partial charge in [-0.15, -0.1) is 0 Å². The molecular weight excluding hydrogens is 328 g/mol. The number of nitrogens with one attached hydrogen (secondary N) is 1. The fourth-order valence-electron chi connectivity index (χ4n) is 1.92. The third kappa shape index (κ3) is 3.26. The maximum Gasteiger partial charge on any atom is 0.259 e. The van der Waals surface area contributed by atoms with Gasteiger partial charge in [0.05, 0.1) is 16.5 Å². The van der Waals surface area contributed by atoms with Crippen molar-refractivity contribution in [3.63, 3.8) is 0 Å². The number of allylic oxidation sites excluding steroid dienone is 3. The highest BCUT2D eigenvalue weighted by atomic mass is 35.5. The molecule has 2 amide bonds. The smallest absolute Gasteiger partial charge is 0.259 e. The second-order valence-electron chi connectivity index (χ2n) is 4.38. The summed E-state index contributed by atoms with van der Waals surface area (Å²) < 4.78 is 22.4. The Hall–Kier alpha value is -2.38. The number of halogens is 1. The van der Waals surface area contributed by atoms with Crippen LogP contribution < -0.4 is 11.1 Å². The third-order valence-electron chi connectivity index (χ3n) is 2.97. The average molecular weight is 339 g/mol. The van der Waals surface area contributed by atoms with Crippen molar-refractivity contribution in [1.82, 2.24) is 5.32 Å². The van der Waals surface area contributed by atoms with E-state index >= 15 is 0 Å². The van der Waals surface area contributed by atoms with E-state index in [2.05, 4.69) is 5.32 Å². The van der Waals surface area contributed by atoms with Gasteiger partial charge in [-0.1, -0.05) is 35.9 Å². The van der Waals surface area contributed by atoms with Crippen molar-refractivity contribution < 1.29 is 18.0 Å². The number of nitrogen functional groups attached to an aromatic ring is 1. The van der Waals surface area contributed by atoms with Crippen LogP contribution in [-0.4, -0.2) is 25.1 Å². The SMILES string of the molecule is Nc1ccccc1C(=O)NC(=O)C1C=CC=C(Cl)C1=S(=O)=O. The quantitative estimate of drug-likeness (QED) is 0.473. The number of imide groups is 1. The third-order valence-corrected chi connectivity index (χ3v) is 4.24. The van der Waals surface area contributed by atoms with Crippen LogP contribution in [0, 0.1) is 5.92 Å². The van der Waals surface area contributed by atoms with Crippen LogP contribution in [0.1, 0.15) is 10.4 Å². The van der Waals surface area contributed by atoms with Crippen LogP contribution >= 0.6 is 11.6 Å². The molecule has 1 unspecified atom stereocenters. The molecule has 22 heavy (non-hydrogen) atoms. The Labute approximate surface area is 132 Å². The molecule has 0 saturated heterocycles. The lowest BCUT2D eigenvalue weighted by atomic mass is 9.99. The maximum absolute atomic E-state index is 12.1. The lowest BCUT2D eigenvalue weighted by Crippen LogP contribution is -2.39. The Balaban J connectivity index is 2.25. The van der Waals surface area contributed by atoms with E-state index in [4.69, 9.17) is 17.3 Å². The highest BCUT2D eigenvalue weighted by Gasteiger charge is 2.29. The van der Waals surface area contributed by atoms with Crippen molar-refractivity contribution >= 4 is 44.3 Å². The largest absolute Gasteiger partial charge is 0.398 e. The minimum absolute atomic E-state index is 0.0670. The number of hydrogen-bond donors (Lipinski definition) is 2. The zero-order valence-electron chi connectivity index (χ0n) is 11.1. The van der Waals surface area contributed by atoms with Crippen LogP contribution in [-0.2, 0) is 15.1 Å². The molecule has 0 heterocycles. The summed E-state index contributed by atoms with van der Waals surface area (Å²) in [6.45, 7) is 0. The van der Waals surface area contributed by atoms with Crippen molar-refractivity contribution in [2.75, 3.05) is 5.73 Å². The van der Waals surface area contributed by atoms with E-state index in [0.717, 1.165) is 0 Å². The molecule has 3 N–H and O–H groups in total. The van der Waals surface area contributed by atoms with Crippen LogP contribution in [0.4, 0.5) is 5.69 Å². The van der Waals surface area contributed by atoms with Gasteiger partial charge in [0, 0.05) is 5.69 Å². The first-order valence-electron chi connectivity index (χ1n) is 6.12. The van der Waals surface area contributed by atoms with E-state index in [9.17, 15) is 18.0 Å². The van der Waals surface area contributed by atoms with E-state index in [0.29, 0.717) is 0 Å². The van der Waals surface area contributed by atoms with Crippen molar-refractivity contribution in [1.29, 1.82) is 0 Å². The first-order valence-corrected chi connectivity index (χ1v) is 7.57. The van der Waals surface area contributed by atoms with Crippen LogP contribution in [0.15, 0.2) is 47.5 Å². The zero-order chi connectivity index (χ0) is 16.3. The molecule has 0 radical (unpaired) electrons. The number of anilines is 1. The van der Waals surface area contributed by atoms with Gasteiger partial charge in [-0.2, -0.15) is 8.42 Å². The van der Waals surface area contributed by atoms with Gasteiger partial charge in [0.25, 0.3) is 5.91 Å². The predicted octanol–water partition coefficient (Wildman–Crippen LogP) is 0.885. The summed E-state index contributed by atoms with van der Waals surface area (Å²) in [6.07, 6.45) is 4.14. The normalized spacial score (nSPS) is 16.9. The summed E-state index contributed by atoms with van der Waals surface area (Å²) in [4.78, 5) is 23.9. The van der Waals surface area contributed by atoms with Crippen molar-refractivity contribution in [3.8, 4) is 0 Å². The number of carbonyl (C=O) groups is 2. The molecule has 1 aromatic carbocycles. The van der Waals surface area contributed by atoms with Crippen molar-refractivity contribution in [2.45, 2.75) is 0 Å². The molecule has 1 atom stereocenters. The van der Waals surface area contributed by atoms with Gasteiger partial charge in [-0.3, -0.25) is 14.9 Å². The summed E-state index contributed by atoms with van der Waals surface area (Å²) in [5, 5.41) is 2.06. The molecule has 0 spiro atoms. The van der Waals surface area contributed by atoms with Crippen LogP contribution in [0.2, 0.25) is 0 Å². The van der Waals surface area contributed by atoms with Crippen molar-refractivity contribution in [2.24, 2.45) is 5.92 Å². The summed E-state index contributed by atoms with van der Waals surface area (Å²) >= 11 is 5.79. The highest BCUT2D eigenvalue weighted by Crippen LogP contribution is 2.19.